The van der Waals surface area contributed by atoms with Gasteiger partial charge >= 0.3 is 6.18 Å². The fourth-order valence-electron chi connectivity index (χ4n) is 1.78. The molecule has 0 saturated carbocycles. The zero-order valence-electron chi connectivity index (χ0n) is 11.8. The van der Waals surface area contributed by atoms with E-state index in [2.05, 4.69) is 10.3 Å². The molecule has 0 atom stereocenters. The Balaban J connectivity index is 2.09. The number of nitrogens with one attached hydrogen (secondary N) is 1. The number of ether oxygens (including phenoxy) is 1. The second-order valence-electron chi connectivity index (χ2n) is 4.44. The quantitative estimate of drug-likeness (QED) is 0.935. The minimum absolute atomic E-state index is 0.122. The Bertz CT molecular complexity index is 666. The first kappa shape index (κ1) is 16.3. The number of methoxy groups -OCH3 is 1. The minimum Gasteiger partial charge on any atom is -0.497 e. The summed E-state index contributed by atoms with van der Waals surface area (Å²) in [6.07, 6.45) is -4.64. The molecule has 1 N–H and O–H groups in total. The highest BCUT2D eigenvalue weighted by Gasteiger charge is 2.39. The van der Waals surface area contributed by atoms with E-state index in [0.29, 0.717) is 5.75 Å². The van der Waals surface area contributed by atoms with Gasteiger partial charge in [-0.25, -0.2) is 4.98 Å². The van der Waals surface area contributed by atoms with E-state index in [4.69, 9.17) is 4.74 Å². The Morgan fingerprint density at radius 3 is 2.50 bits per heavy atom. The average molecular weight is 330 g/mol. The second kappa shape index (κ2) is 6.35. The van der Waals surface area contributed by atoms with Crippen LogP contribution in [0.3, 0.4) is 0 Å². The molecule has 4 nitrogen and oxygen atoms in total. The maximum atomic E-state index is 12.8. The van der Waals surface area contributed by atoms with Gasteiger partial charge in [0.05, 0.1) is 12.1 Å². The number of halogens is 3. The maximum Gasteiger partial charge on any atom is 0.435 e. The van der Waals surface area contributed by atoms with E-state index in [1.807, 2.05) is 0 Å². The summed E-state index contributed by atoms with van der Waals surface area (Å²) in [5.74, 6) is -0.124. The first-order valence-electron chi connectivity index (χ1n) is 6.27. The van der Waals surface area contributed by atoms with Crippen LogP contribution in [-0.4, -0.2) is 18.0 Å². The maximum absolute atomic E-state index is 12.8. The SMILES string of the molecule is COc1ccc(CNC(=O)c2sc(C)nc2C(F)(F)F)cc1. The molecule has 2 aromatic rings. The van der Waals surface area contributed by atoms with E-state index in [-0.39, 0.29) is 11.6 Å². The Hall–Kier alpha value is -2.09. The smallest absolute Gasteiger partial charge is 0.435 e. The fraction of sp³-hybridized carbons (Fsp3) is 0.286. The van der Waals surface area contributed by atoms with Gasteiger partial charge in [0, 0.05) is 6.54 Å². The number of thiazole rings is 1. The third-order valence-corrected chi connectivity index (χ3v) is 3.79. The lowest BCUT2D eigenvalue weighted by Gasteiger charge is -2.08. The van der Waals surface area contributed by atoms with Crippen LogP contribution in [0.1, 0.15) is 25.9 Å². The molecule has 0 saturated heterocycles. The van der Waals surface area contributed by atoms with Crippen molar-refractivity contribution in [1.29, 1.82) is 0 Å². The van der Waals surface area contributed by atoms with Crippen LogP contribution in [-0.2, 0) is 12.7 Å². The van der Waals surface area contributed by atoms with Crippen molar-refractivity contribution in [3.05, 3.63) is 45.4 Å². The first-order valence-corrected chi connectivity index (χ1v) is 7.08. The third kappa shape index (κ3) is 3.76. The van der Waals surface area contributed by atoms with Crippen LogP contribution in [0.25, 0.3) is 0 Å². The van der Waals surface area contributed by atoms with Crippen LogP contribution in [0, 0.1) is 6.92 Å². The molecule has 1 heterocycles. The lowest BCUT2D eigenvalue weighted by molar-refractivity contribution is -0.141. The summed E-state index contributed by atoms with van der Waals surface area (Å²) in [4.78, 5) is 14.9. The molecule has 0 spiro atoms. The molecule has 22 heavy (non-hydrogen) atoms. The second-order valence-corrected chi connectivity index (χ2v) is 5.64. The normalized spacial score (nSPS) is 11.3. The van der Waals surface area contributed by atoms with Gasteiger partial charge in [-0.3, -0.25) is 4.79 Å². The van der Waals surface area contributed by atoms with Crippen molar-refractivity contribution in [3.63, 3.8) is 0 Å². The highest BCUT2D eigenvalue weighted by atomic mass is 32.1. The van der Waals surface area contributed by atoms with Crippen molar-refractivity contribution in [2.45, 2.75) is 19.6 Å². The Morgan fingerprint density at radius 2 is 1.95 bits per heavy atom. The molecular weight excluding hydrogens is 317 g/mol. The molecule has 118 valence electrons. The Morgan fingerprint density at radius 1 is 1.32 bits per heavy atom. The molecule has 1 amide bonds. The predicted octanol–water partition coefficient (Wildman–Crippen LogP) is 3.41. The van der Waals surface area contributed by atoms with Gasteiger partial charge in [-0.05, 0) is 24.6 Å². The van der Waals surface area contributed by atoms with E-state index in [9.17, 15) is 18.0 Å². The molecule has 2 rings (SSSR count). The summed E-state index contributed by atoms with van der Waals surface area (Å²) in [6, 6.07) is 6.86. The van der Waals surface area contributed by atoms with E-state index < -0.39 is 22.7 Å². The predicted molar refractivity (Wildman–Crippen MR) is 76.0 cm³/mol. The summed E-state index contributed by atoms with van der Waals surface area (Å²) >= 11 is 0.727. The zero-order valence-corrected chi connectivity index (χ0v) is 12.6. The van der Waals surface area contributed by atoms with Gasteiger partial charge in [-0.15, -0.1) is 11.3 Å². The van der Waals surface area contributed by atoms with Gasteiger partial charge in [0.25, 0.3) is 5.91 Å². The topological polar surface area (TPSA) is 51.2 Å². The van der Waals surface area contributed by atoms with Gasteiger partial charge in [-0.2, -0.15) is 13.2 Å². The molecule has 0 aliphatic rings. The van der Waals surface area contributed by atoms with E-state index in [0.717, 1.165) is 16.9 Å². The monoisotopic (exact) mass is 330 g/mol. The fourth-order valence-corrected chi connectivity index (χ4v) is 2.63. The molecule has 0 aliphatic heterocycles. The number of aromatic nitrogens is 1. The Kier molecular flexibility index (Phi) is 4.70. The van der Waals surface area contributed by atoms with Crippen LogP contribution in [0.2, 0.25) is 0 Å². The molecule has 1 aromatic carbocycles. The molecular formula is C14H13F3N2O2S. The number of amides is 1. The molecule has 0 bridgehead atoms. The minimum atomic E-state index is -4.64. The number of carbonyl (C=O) groups is 1. The number of benzene rings is 1. The zero-order chi connectivity index (χ0) is 16.3. The highest BCUT2D eigenvalue weighted by molar-refractivity contribution is 7.13. The number of alkyl halides is 3. The van der Waals surface area contributed by atoms with Crippen molar-refractivity contribution in [3.8, 4) is 5.75 Å². The van der Waals surface area contributed by atoms with Crippen molar-refractivity contribution in [2.75, 3.05) is 7.11 Å². The standard InChI is InChI=1S/C14H13F3N2O2S/c1-8-19-12(14(15,16)17)11(22-8)13(20)18-7-9-3-5-10(21-2)6-4-9/h3-6H,7H2,1-2H3,(H,18,20). The summed E-state index contributed by atoms with van der Waals surface area (Å²) < 4.78 is 43.5. The molecule has 0 radical (unpaired) electrons. The number of aryl methyl sites for hydroxylation is 1. The molecule has 0 fully saturated rings. The van der Waals surface area contributed by atoms with Crippen LogP contribution >= 0.6 is 11.3 Å². The van der Waals surface area contributed by atoms with Gasteiger partial charge in [0.2, 0.25) is 0 Å². The van der Waals surface area contributed by atoms with Crippen LogP contribution in [0.4, 0.5) is 13.2 Å². The molecule has 0 aliphatic carbocycles. The number of hydrogen-bond acceptors (Lipinski definition) is 4. The highest BCUT2D eigenvalue weighted by Crippen LogP contribution is 2.34. The average Bonchev–Trinajstić information content (AvgIpc) is 2.87. The van der Waals surface area contributed by atoms with Crippen LogP contribution < -0.4 is 10.1 Å². The number of carbonyl (C=O) groups excluding carboxylic acids is 1. The first-order chi connectivity index (χ1) is 10.3. The van der Waals surface area contributed by atoms with Crippen LogP contribution in [0.5, 0.6) is 5.75 Å². The van der Waals surface area contributed by atoms with Gasteiger partial charge < -0.3 is 10.1 Å². The number of rotatable bonds is 4. The third-order valence-electron chi connectivity index (χ3n) is 2.82. The Labute approximate surface area is 128 Å². The van der Waals surface area contributed by atoms with Crippen molar-refractivity contribution in [1.82, 2.24) is 10.3 Å². The number of hydrogen-bond donors (Lipinski definition) is 1. The van der Waals surface area contributed by atoms with Crippen molar-refractivity contribution in [2.24, 2.45) is 0 Å². The van der Waals surface area contributed by atoms with E-state index in [1.54, 1.807) is 24.3 Å². The van der Waals surface area contributed by atoms with Crippen molar-refractivity contribution >= 4 is 17.2 Å². The van der Waals surface area contributed by atoms with Gasteiger partial charge in [0.15, 0.2) is 5.69 Å². The van der Waals surface area contributed by atoms with Gasteiger partial charge in [-0.1, -0.05) is 12.1 Å². The lowest BCUT2D eigenvalue weighted by Crippen LogP contribution is -2.24. The summed E-state index contributed by atoms with van der Waals surface area (Å²) in [5.41, 5.74) is -0.383. The molecule has 8 heteroatoms. The summed E-state index contributed by atoms with van der Waals surface area (Å²) in [5, 5.41) is 2.67. The number of nitrogens with zero attached hydrogens (tertiary/aromatic N) is 1. The molecule has 1 aromatic heterocycles. The van der Waals surface area contributed by atoms with Gasteiger partial charge in [0.1, 0.15) is 10.6 Å². The largest absolute Gasteiger partial charge is 0.497 e. The summed E-state index contributed by atoms with van der Waals surface area (Å²) in [7, 11) is 1.53. The summed E-state index contributed by atoms with van der Waals surface area (Å²) in [6.45, 7) is 1.55. The van der Waals surface area contributed by atoms with Crippen LogP contribution in [0.15, 0.2) is 24.3 Å². The van der Waals surface area contributed by atoms with E-state index >= 15 is 0 Å². The van der Waals surface area contributed by atoms with Crippen molar-refractivity contribution < 1.29 is 22.7 Å². The lowest BCUT2D eigenvalue weighted by atomic mass is 10.2. The van der Waals surface area contributed by atoms with E-state index in [1.165, 1.54) is 14.0 Å². The molecule has 0 unspecified atom stereocenters.